The van der Waals surface area contributed by atoms with Gasteiger partial charge in [-0.2, -0.15) is 26.3 Å². The molecule has 11 aliphatic rings. The van der Waals surface area contributed by atoms with Crippen LogP contribution in [0, 0.1) is 47.3 Å². The topological polar surface area (TPSA) is 15.7 Å². The van der Waals surface area contributed by atoms with Gasteiger partial charge in [0.1, 0.15) is 0 Å². The van der Waals surface area contributed by atoms with Crippen LogP contribution in [0.1, 0.15) is 82.6 Å². The predicted octanol–water partition coefficient (Wildman–Crippen LogP) is 14.2. The highest BCUT2D eigenvalue weighted by Gasteiger charge is 2.52. The van der Waals surface area contributed by atoms with Gasteiger partial charge in [-0.1, -0.05) is 122 Å². The third-order valence-corrected chi connectivity index (χ3v) is 17.6. The van der Waals surface area contributed by atoms with Crippen molar-refractivity contribution in [1.29, 1.82) is 0 Å². The maximum atomic E-state index is 14.9. The number of nitrogens with zero attached hydrogens (tertiary/aromatic N) is 2. The number of para-hydroxylation sites is 1. The third kappa shape index (κ3) is 7.87. The van der Waals surface area contributed by atoms with E-state index in [-0.39, 0.29) is 47.9 Å². The van der Waals surface area contributed by atoms with E-state index in [0.29, 0.717) is 61.7 Å². The third-order valence-electron chi connectivity index (χ3n) is 17.6. The van der Waals surface area contributed by atoms with Crippen LogP contribution in [0.25, 0.3) is 0 Å². The van der Waals surface area contributed by atoms with E-state index in [0.717, 1.165) is 67.4 Å². The monoisotopic (exact) mass is 914 g/mol. The summed E-state index contributed by atoms with van der Waals surface area (Å²) in [7, 11) is 0. The average Bonchev–Trinajstić information content (AvgIpc) is 3.69. The summed E-state index contributed by atoms with van der Waals surface area (Å²) >= 11 is 0. The number of allylic oxidation sites excluding steroid dienone is 15. The number of benzene rings is 1. The molecule has 0 N–H and O–H groups in total. The molecule has 67 heavy (non-hydrogen) atoms. The van der Waals surface area contributed by atoms with Crippen LogP contribution in [0.4, 0.5) is 32.0 Å². The average molecular weight is 915 g/mol. The fraction of sp³-hybridized carbons (Fsp3) is 0.483. The Morgan fingerprint density at radius 1 is 0.627 bits per heavy atom. The predicted molar refractivity (Wildman–Crippen MR) is 252 cm³/mol. The molecule has 0 bridgehead atoms. The Hall–Kier alpha value is -4.76. The highest BCUT2D eigenvalue weighted by atomic mass is 19.4. The highest BCUT2D eigenvalue weighted by Crippen LogP contribution is 2.52. The van der Waals surface area contributed by atoms with Crippen LogP contribution >= 0.6 is 0 Å². The molecule has 14 unspecified atom stereocenters. The first-order valence-electron chi connectivity index (χ1n) is 25.2. The second-order valence-corrected chi connectivity index (χ2v) is 21.1. The Bertz CT molecular complexity index is 2520. The van der Waals surface area contributed by atoms with Crippen LogP contribution in [0.5, 0.6) is 0 Å². The number of hydrogen-bond acceptors (Lipinski definition) is 3. The zero-order valence-corrected chi connectivity index (χ0v) is 37.8. The maximum Gasteiger partial charge on any atom is 0.418 e. The van der Waals surface area contributed by atoms with Gasteiger partial charge >= 0.3 is 12.4 Å². The van der Waals surface area contributed by atoms with Gasteiger partial charge in [0.15, 0.2) is 0 Å². The number of fused-ring (bicyclic) bond motifs is 10. The molecule has 1 aromatic carbocycles. The molecule has 3 nitrogen and oxygen atoms in total. The summed E-state index contributed by atoms with van der Waals surface area (Å²) in [6, 6.07) is 4.46. The number of anilines is 1. The van der Waals surface area contributed by atoms with Crippen LogP contribution < -0.4 is 4.90 Å². The molecule has 1 fully saturated rings. The van der Waals surface area contributed by atoms with Crippen molar-refractivity contribution in [2.45, 2.75) is 126 Å². The van der Waals surface area contributed by atoms with Crippen molar-refractivity contribution in [1.82, 2.24) is 4.90 Å². The summed E-state index contributed by atoms with van der Waals surface area (Å²) in [5.74, 6) is 0.834. The van der Waals surface area contributed by atoms with Crippen molar-refractivity contribution in [3.05, 3.63) is 173 Å². The second kappa shape index (κ2) is 17.0. The number of alkyl halides is 6. The molecule has 1 aromatic rings. The lowest BCUT2D eigenvalue weighted by Crippen LogP contribution is -2.52. The molecule has 10 aliphatic carbocycles. The van der Waals surface area contributed by atoms with Gasteiger partial charge in [0.2, 0.25) is 0 Å². The lowest BCUT2D eigenvalue weighted by atomic mass is 9.64. The van der Waals surface area contributed by atoms with Crippen molar-refractivity contribution in [3.63, 3.8) is 0 Å². The minimum absolute atomic E-state index is 0.0591. The van der Waals surface area contributed by atoms with Gasteiger partial charge in [-0.25, -0.2) is 0 Å². The largest absolute Gasteiger partial charge is 0.418 e. The first-order valence-corrected chi connectivity index (χ1v) is 25.2. The SMILES string of the molecule is FC(F)(F)c1ccccc1N(C1C=C2C=CC3CC=CCC3C2=CC1)C1C=CC2=CC3C(C=C2C1)OC1CC(N(C2=CC4CC=C5C=CCCC5C4CC2)C2CCC=CC2C(F)(F)F)C=CC13. The van der Waals surface area contributed by atoms with Crippen LogP contribution in [-0.2, 0) is 10.9 Å². The summed E-state index contributed by atoms with van der Waals surface area (Å²) in [6.07, 6.45) is 39.5. The second-order valence-electron chi connectivity index (χ2n) is 21.1. The van der Waals surface area contributed by atoms with E-state index in [1.54, 1.807) is 18.2 Å². The molecule has 0 saturated carbocycles. The van der Waals surface area contributed by atoms with Crippen LogP contribution in [0.2, 0.25) is 0 Å². The first-order chi connectivity index (χ1) is 32.5. The minimum atomic E-state index is -4.53. The van der Waals surface area contributed by atoms with Crippen molar-refractivity contribution in [2.75, 3.05) is 4.90 Å². The Morgan fingerprint density at radius 3 is 2.36 bits per heavy atom. The zero-order valence-electron chi connectivity index (χ0n) is 37.8. The Kier molecular flexibility index (Phi) is 11.1. The summed E-state index contributed by atoms with van der Waals surface area (Å²) in [5.41, 5.74) is 6.66. The van der Waals surface area contributed by atoms with Gasteiger partial charge in [-0.15, -0.1) is 0 Å². The molecule has 1 heterocycles. The lowest BCUT2D eigenvalue weighted by Gasteiger charge is -2.49. The number of halogens is 6. The van der Waals surface area contributed by atoms with Crippen LogP contribution in [0.15, 0.2) is 167 Å². The number of rotatable bonds is 6. The molecule has 0 aromatic heterocycles. The fourth-order valence-electron chi connectivity index (χ4n) is 14.5. The van der Waals surface area contributed by atoms with E-state index in [4.69, 9.17) is 4.74 Å². The van der Waals surface area contributed by atoms with E-state index >= 15 is 0 Å². The molecule has 0 spiro atoms. The first kappa shape index (κ1) is 43.5. The lowest BCUT2D eigenvalue weighted by molar-refractivity contribution is -0.179. The minimum Gasteiger partial charge on any atom is -0.370 e. The van der Waals surface area contributed by atoms with Gasteiger partial charge in [0.05, 0.1) is 35.8 Å². The molecule has 350 valence electrons. The van der Waals surface area contributed by atoms with Crippen molar-refractivity contribution in [3.8, 4) is 0 Å². The molecule has 14 atom stereocenters. The van der Waals surface area contributed by atoms with E-state index < -0.39 is 29.9 Å². The molecule has 1 saturated heterocycles. The fourth-order valence-corrected chi connectivity index (χ4v) is 14.5. The summed E-state index contributed by atoms with van der Waals surface area (Å²) in [6.45, 7) is 0. The van der Waals surface area contributed by atoms with Gasteiger partial charge in [0, 0.05) is 35.3 Å². The zero-order chi connectivity index (χ0) is 45.6. The molecule has 1 aliphatic heterocycles. The molecule has 12 rings (SSSR count). The van der Waals surface area contributed by atoms with Crippen molar-refractivity contribution >= 4 is 5.69 Å². The van der Waals surface area contributed by atoms with Gasteiger partial charge < -0.3 is 14.5 Å². The van der Waals surface area contributed by atoms with E-state index in [1.807, 2.05) is 4.90 Å². The highest BCUT2D eigenvalue weighted by molar-refractivity contribution is 5.62. The summed E-state index contributed by atoms with van der Waals surface area (Å²) in [4.78, 5) is 4.20. The summed E-state index contributed by atoms with van der Waals surface area (Å²) < 4.78 is 96.3. The van der Waals surface area contributed by atoms with Crippen LogP contribution in [-0.4, -0.2) is 47.5 Å². The number of hydrogen-bond donors (Lipinski definition) is 0. The molecular formula is C58H60F6N2O. The van der Waals surface area contributed by atoms with Crippen molar-refractivity contribution in [2.24, 2.45) is 47.3 Å². The van der Waals surface area contributed by atoms with Gasteiger partial charge in [-0.05, 0) is 147 Å². The van der Waals surface area contributed by atoms with E-state index in [1.165, 1.54) is 29.4 Å². The van der Waals surface area contributed by atoms with Crippen LogP contribution in [0.3, 0.4) is 0 Å². The Morgan fingerprint density at radius 2 is 1.48 bits per heavy atom. The molecular weight excluding hydrogens is 855 g/mol. The standard InChI is InChI=1S/C58H60F6N2O/c59-57(60,61)51-13-5-7-15-53(51)65(42-23-26-47-38(29-42)19-17-35-9-1-3-11-45(35)47)41-22-21-37-32-50-49-28-25-44(34-56(49)67-55(50)33-40(37)31-41)66(54-16-8-6-14-52(54)58(62,63)64)43-24-27-48-39(30-43)20-18-36-10-2-4-12-46(36)48/h1-3,5-7,10,13-15,17-19,21-22,25-26,28-30,32-33,35,39,41-42,44-46,48-50,52,54-56H,4,8-9,11-12,16,20,23-24,27,31,34H2. The molecule has 0 radical (unpaired) electrons. The van der Waals surface area contributed by atoms with Gasteiger partial charge in [0.25, 0.3) is 0 Å². The normalized spacial score (nSPS) is 38.0. The molecule has 9 heteroatoms. The maximum absolute atomic E-state index is 14.9. The Labute approximate surface area is 391 Å². The summed E-state index contributed by atoms with van der Waals surface area (Å²) in [5, 5.41) is 0. The van der Waals surface area contributed by atoms with E-state index in [2.05, 4.69) is 102 Å². The quantitative estimate of drug-likeness (QED) is 0.209. The Balaban J connectivity index is 0.823. The van der Waals surface area contributed by atoms with Crippen molar-refractivity contribution < 1.29 is 31.1 Å². The number of ether oxygens (including phenoxy) is 1. The van der Waals surface area contributed by atoms with Gasteiger partial charge in [-0.3, -0.25) is 0 Å². The smallest absolute Gasteiger partial charge is 0.370 e. The molecule has 0 amide bonds. The van der Waals surface area contributed by atoms with E-state index in [9.17, 15) is 26.3 Å².